The molecule has 2 amide bonds. The number of nitrogens with zero attached hydrogens (tertiary/aromatic N) is 4. The van der Waals surface area contributed by atoms with Gasteiger partial charge in [0.1, 0.15) is 22.1 Å². The molecule has 2 aromatic heterocycles. The predicted molar refractivity (Wildman–Crippen MR) is 142 cm³/mol. The van der Waals surface area contributed by atoms with Crippen molar-refractivity contribution in [2.45, 2.75) is 49.3 Å². The minimum Gasteiger partial charge on any atom is -0.377 e. The second-order valence-electron chi connectivity index (χ2n) is 9.85. The molecule has 39 heavy (non-hydrogen) atoms. The molecule has 11 nitrogen and oxygen atoms in total. The number of rotatable bonds is 8. The summed E-state index contributed by atoms with van der Waals surface area (Å²) in [6.45, 7) is 6.19. The van der Waals surface area contributed by atoms with Crippen molar-refractivity contribution in [3.8, 4) is 11.4 Å². The topological polar surface area (TPSA) is 140 Å². The van der Waals surface area contributed by atoms with E-state index in [-0.39, 0.29) is 23.2 Å². The SMILES string of the molecule is Cc1noc(C)c1S(=O)(=O)C1(c2cc(N3CCOC[C@@H]3C)nc(-c3ccc(NC(=O)NCCF)cc3)n2)CC1. The minimum absolute atomic E-state index is 0.0399. The van der Waals surface area contributed by atoms with Crippen molar-refractivity contribution in [3.05, 3.63) is 47.5 Å². The Morgan fingerprint density at radius 1 is 1.21 bits per heavy atom. The van der Waals surface area contributed by atoms with Gasteiger partial charge in [-0.1, -0.05) is 5.16 Å². The van der Waals surface area contributed by atoms with Crippen molar-refractivity contribution in [3.63, 3.8) is 0 Å². The van der Waals surface area contributed by atoms with E-state index in [1.807, 2.05) is 6.92 Å². The van der Waals surface area contributed by atoms with Gasteiger partial charge in [0, 0.05) is 30.4 Å². The van der Waals surface area contributed by atoms with E-state index in [1.165, 1.54) is 0 Å². The highest BCUT2D eigenvalue weighted by Gasteiger charge is 2.59. The summed E-state index contributed by atoms with van der Waals surface area (Å²) in [5, 5.41) is 8.91. The number of aryl methyl sites for hydroxylation is 2. The van der Waals surface area contributed by atoms with Crippen LogP contribution in [0.5, 0.6) is 0 Å². The first-order valence-electron chi connectivity index (χ1n) is 12.8. The van der Waals surface area contributed by atoms with Gasteiger partial charge in [0.05, 0.1) is 30.6 Å². The fraction of sp³-hybridized carbons (Fsp3) is 0.462. The normalized spacial score (nSPS) is 18.6. The maximum absolute atomic E-state index is 14.0. The van der Waals surface area contributed by atoms with Crippen molar-refractivity contribution < 1.29 is 26.9 Å². The van der Waals surface area contributed by atoms with Crippen LogP contribution in [-0.4, -0.2) is 68.6 Å². The van der Waals surface area contributed by atoms with E-state index in [0.717, 1.165) is 0 Å². The average Bonchev–Trinajstić information content (AvgIpc) is 3.68. The Kier molecular flexibility index (Phi) is 7.29. The van der Waals surface area contributed by atoms with Crippen LogP contribution in [0.4, 0.5) is 20.7 Å². The van der Waals surface area contributed by atoms with Gasteiger partial charge in [-0.05, 0) is 57.9 Å². The lowest BCUT2D eigenvalue weighted by atomic mass is 10.1. The summed E-state index contributed by atoms with van der Waals surface area (Å²) in [6, 6.07) is 8.17. The summed E-state index contributed by atoms with van der Waals surface area (Å²) in [5.41, 5.74) is 1.91. The number of urea groups is 1. The molecule has 0 bridgehead atoms. The van der Waals surface area contributed by atoms with E-state index in [9.17, 15) is 17.6 Å². The second kappa shape index (κ2) is 10.5. The van der Waals surface area contributed by atoms with E-state index in [0.29, 0.717) is 66.9 Å². The average molecular weight is 559 g/mol. The summed E-state index contributed by atoms with van der Waals surface area (Å²) in [6.07, 6.45) is 0.843. The van der Waals surface area contributed by atoms with Crippen LogP contribution < -0.4 is 15.5 Å². The summed E-state index contributed by atoms with van der Waals surface area (Å²) in [7, 11) is -3.86. The molecule has 0 spiro atoms. The highest BCUT2D eigenvalue weighted by atomic mass is 32.2. The van der Waals surface area contributed by atoms with Crippen LogP contribution >= 0.6 is 0 Å². The Balaban J connectivity index is 1.55. The third-order valence-corrected chi connectivity index (χ3v) is 9.84. The molecular formula is C26H31FN6O5S. The van der Waals surface area contributed by atoms with Gasteiger partial charge in [-0.3, -0.25) is 0 Å². The zero-order valence-electron chi connectivity index (χ0n) is 22.0. The van der Waals surface area contributed by atoms with Gasteiger partial charge in [-0.25, -0.2) is 27.6 Å². The Hall–Kier alpha value is -3.58. The highest BCUT2D eigenvalue weighted by Crippen LogP contribution is 2.56. The Labute approximate surface area is 226 Å². The first-order chi connectivity index (χ1) is 18.7. The van der Waals surface area contributed by atoms with E-state index >= 15 is 0 Å². The number of benzene rings is 1. The number of carbonyl (C=O) groups excluding carboxylic acids is 1. The maximum atomic E-state index is 14.0. The Morgan fingerprint density at radius 3 is 2.56 bits per heavy atom. The second-order valence-corrected chi connectivity index (χ2v) is 12.0. The van der Waals surface area contributed by atoms with Crippen LogP contribution in [0.15, 0.2) is 39.8 Å². The van der Waals surface area contributed by atoms with E-state index < -0.39 is 27.3 Å². The molecule has 1 aliphatic heterocycles. The molecule has 208 valence electrons. The van der Waals surface area contributed by atoms with Crippen LogP contribution in [0.25, 0.3) is 11.4 Å². The van der Waals surface area contributed by atoms with Crippen molar-refractivity contribution in [1.82, 2.24) is 20.4 Å². The van der Waals surface area contributed by atoms with Gasteiger partial charge in [0.2, 0.25) is 0 Å². The molecule has 1 atom stereocenters. The first-order valence-corrected chi connectivity index (χ1v) is 14.3. The van der Waals surface area contributed by atoms with Gasteiger partial charge in [-0.15, -0.1) is 0 Å². The van der Waals surface area contributed by atoms with Crippen LogP contribution in [0.3, 0.4) is 0 Å². The Bertz CT molecular complexity index is 1450. The van der Waals surface area contributed by atoms with Gasteiger partial charge >= 0.3 is 6.03 Å². The number of sulfone groups is 1. The smallest absolute Gasteiger partial charge is 0.319 e. The predicted octanol–water partition coefficient (Wildman–Crippen LogP) is 3.53. The third kappa shape index (κ3) is 5.08. The van der Waals surface area contributed by atoms with Gasteiger partial charge in [0.25, 0.3) is 0 Å². The van der Waals surface area contributed by atoms with Gasteiger partial charge in [0.15, 0.2) is 21.4 Å². The fourth-order valence-corrected chi connectivity index (χ4v) is 7.13. The summed E-state index contributed by atoms with van der Waals surface area (Å²) in [5.74, 6) is 1.25. The molecule has 0 unspecified atom stereocenters. The number of morpholine rings is 1. The standard InChI is InChI=1S/C26H31FN6O5S/c1-16-15-37-13-12-33(16)22-14-21(26(8-9-26)39(35,36)23-17(2)32-38-18(23)3)30-24(31-22)19-4-6-20(7-5-19)29-25(34)28-11-10-27/h4-7,14,16H,8-13,15H2,1-3H3,(H2,28,29,34)/t16-/m0/s1. The molecule has 0 radical (unpaired) electrons. The molecule has 2 N–H and O–H groups in total. The number of anilines is 2. The van der Waals surface area contributed by atoms with Crippen LogP contribution in [0.2, 0.25) is 0 Å². The maximum Gasteiger partial charge on any atom is 0.319 e. The number of nitrogens with one attached hydrogen (secondary N) is 2. The summed E-state index contributed by atoms with van der Waals surface area (Å²) >= 11 is 0. The van der Waals surface area contributed by atoms with Gasteiger partial charge < -0.3 is 24.8 Å². The molecule has 2 fully saturated rings. The molecule has 2 aliphatic rings. The molecule has 1 saturated heterocycles. The van der Waals surface area contributed by atoms with Crippen molar-refractivity contribution in [2.75, 3.05) is 43.2 Å². The number of aromatic nitrogens is 3. The molecule has 1 saturated carbocycles. The van der Waals surface area contributed by atoms with E-state index in [1.54, 1.807) is 44.2 Å². The fourth-order valence-electron chi connectivity index (χ4n) is 4.88. The zero-order chi connectivity index (χ0) is 27.8. The van der Waals surface area contributed by atoms with Crippen LogP contribution in [0, 0.1) is 13.8 Å². The summed E-state index contributed by atoms with van der Waals surface area (Å²) in [4.78, 5) is 23.7. The number of amides is 2. The molecule has 5 rings (SSSR count). The lowest BCUT2D eigenvalue weighted by molar-refractivity contribution is 0.0985. The third-order valence-electron chi connectivity index (χ3n) is 7.08. The number of hydrogen-bond acceptors (Lipinski definition) is 9. The molecule has 3 aromatic rings. The van der Waals surface area contributed by atoms with Gasteiger partial charge in [-0.2, -0.15) is 0 Å². The van der Waals surface area contributed by atoms with E-state index in [4.69, 9.17) is 19.2 Å². The van der Waals surface area contributed by atoms with Crippen molar-refractivity contribution in [1.29, 1.82) is 0 Å². The number of ether oxygens (including phenoxy) is 1. The molecule has 3 heterocycles. The Morgan fingerprint density at radius 2 is 1.95 bits per heavy atom. The first kappa shape index (κ1) is 27.0. The van der Waals surface area contributed by atoms with Crippen LogP contribution in [-0.2, 0) is 19.3 Å². The molecule has 1 aliphatic carbocycles. The quantitative estimate of drug-likeness (QED) is 0.425. The number of halogens is 1. The minimum atomic E-state index is -3.86. The molecular weight excluding hydrogens is 527 g/mol. The number of alkyl halides is 1. The van der Waals surface area contributed by atoms with Crippen molar-refractivity contribution >= 4 is 27.4 Å². The van der Waals surface area contributed by atoms with Crippen molar-refractivity contribution in [2.24, 2.45) is 0 Å². The summed E-state index contributed by atoms with van der Waals surface area (Å²) < 4.78 is 49.9. The van der Waals surface area contributed by atoms with E-state index in [2.05, 4.69) is 20.7 Å². The lowest BCUT2D eigenvalue weighted by Gasteiger charge is -2.34. The lowest BCUT2D eigenvalue weighted by Crippen LogP contribution is -2.44. The largest absolute Gasteiger partial charge is 0.377 e. The number of carbonyl (C=O) groups is 1. The number of hydrogen-bond donors (Lipinski definition) is 2. The monoisotopic (exact) mass is 558 g/mol. The highest BCUT2D eigenvalue weighted by molar-refractivity contribution is 7.92. The molecule has 13 heteroatoms. The molecule has 1 aromatic carbocycles. The van der Waals surface area contributed by atoms with Crippen LogP contribution in [0.1, 0.15) is 36.9 Å². The zero-order valence-corrected chi connectivity index (χ0v) is 22.8.